The van der Waals surface area contributed by atoms with Crippen LogP contribution in [0.3, 0.4) is 0 Å². The van der Waals surface area contributed by atoms with Crippen LogP contribution in [0.15, 0.2) is 47.6 Å². The number of para-hydroxylation sites is 1. The topological polar surface area (TPSA) is 49.8 Å². The van der Waals surface area contributed by atoms with E-state index in [0.29, 0.717) is 13.0 Å². The van der Waals surface area contributed by atoms with E-state index in [-0.39, 0.29) is 24.0 Å². The summed E-state index contributed by atoms with van der Waals surface area (Å²) < 4.78 is 21.9. The zero-order valence-corrected chi connectivity index (χ0v) is 21.3. The highest BCUT2D eigenvalue weighted by Gasteiger charge is 2.66. The summed E-state index contributed by atoms with van der Waals surface area (Å²) in [6.07, 6.45) is 6.16. The molecule has 0 saturated carbocycles. The van der Waals surface area contributed by atoms with Gasteiger partial charge in [0, 0.05) is 30.2 Å². The van der Waals surface area contributed by atoms with Crippen molar-refractivity contribution >= 4 is 20.0 Å². The molecule has 1 saturated heterocycles. The Balaban J connectivity index is 1.94. The fraction of sp³-hybridized carbons (Fsp3) is 0.577. The molecule has 0 radical (unpaired) electrons. The van der Waals surface area contributed by atoms with Crippen molar-refractivity contribution in [3.8, 4) is 0 Å². The summed E-state index contributed by atoms with van der Waals surface area (Å²) in [4.78, 5) is 15.7. The molecule has 1 N–H and O–H groups in total. The predicted octanol–water partition coefficient (Wildman–Crippen LogP) is 5.88. The summed E-state index contributed by atoms with van der Waals surface area (Å²) in [5.41, 5.74) is 2.69. The van der Waals surface area contributed by atoms with Crippen LogP contribution in [0.2, 0.25) is 18.6 Å². The summed E-state index contributed by atoms with van der Waals surface area (Å²) in [6.45, 7) is 12.0. The molecule has 4 nitrogen and oxygen atoms in total. The number of halogens is 1. The summed E-state index contributed by atoms with van der Waals surface area (Å²) in [6, 6.07) is 7.75. The molecule has 0 unspecified atom stereocenters. The van der Waals surface area contributed by atoms with Crippen molar-refractivity contribution < 1.29 is 18.7 Å². The van der Waals surface area contributed by atoms with E-state index in [9.17, 15) is 9.90 Å². The Morgan fingerprint density at radius 2 is 1.94 bits per heavy atom. The number of fused-ring (bicyclic) bond motifs is 2. The van der Waals surface area contributed by atoms with Gasteiger partial charge in [0.1, 0.15) is 0 Å². The third-order valence-corrected chi connectivity index (χ3v) is 9.45. The smallest absolute Gasteiger partial charge is 0.264 e. The van der Waals surface area contributed by atoms with Crippen LogP contribution in [0.5, 0.6) is 0 Å². The van der Waals surface area contributed by atoms with Crippen LogP contribution >= 0.6 is 0 Å². The maximum Gasteiger partial charge on any atom is 0.264 e. The molecule has 2 aliphatic heterocycles. The van der Waals surface area contributed by atoms with E-state index in [0.717, 1.165) is 24.1 Å². The fourth-order valence-corrected chi connectivity index (χ4v) is 8.06. The third kappa shape index (κ3) is 4.50. The van der Waals surface area contributed by atoms with Gasteiger partial charge < -0.3 is 18.9 Å². The first-order valence-electron chi connectivity index (χ1n) is 11.7. The van der Waals surface area contributed by atoms with Crippen LogP contribution in [0.1, 0.15) is 52.5 Å². The lowest BCUT2D eigenvalue weighted by molar-refractivity contribution is -0.146. The standard InChI is InChI=1S/C26H38FNO3Si/c1-18(2)10-9-11-19(3)14-16-28-22-13-8-7-12-21(22)26(25(28)30)20(4)24(32(5,6)27)23(31-26)15-17-29/h7-8,10,12-14,20,23-24,29H,9,11,15-17H2,1-6H3/b19-14+/t20-,23+,24-,26+/m0/s1. The van der Waals surface area contributed by atoms with E-state index >= 15 is 4.11 Å². The Hall–Kier alpha value is -1.76. The highest BCUT2D eigenvalue weighted by Crippen LogP contribution is 2.59. The number of amides is 1. The summed E-state index contributed by atoms with van der Waals surface area (Å²) in [7, 11) is -3.14. The van der Waals surface area contributed by atoms with Gasteiger partial charge in [-0.2, -0.15) is 0 Å². The van der Waals surface area contributed by atoms with Gasteiger partial charge in [0.25, 0.3) is 5.91 Å². The average Bonchev–Trinajstić information content (AvgIpc) is 3.13. The van der Waals surface area contributed by atoms with Crippen LogP contribution in [0.25, 0.3) is 0 Å². The molecule has 2 aliphatic rings. The molecule has 0 aliphatic carbocycles. The van der Waals surface area contributed by atoms with Gasteiger partial charge in [0.15, 0.2) is 5.60 Å². The van der Waals surface area contributed by atoms with Gasteiger partial charge in [-0.1, -0.05) is 48.4 Å². The molecule has 32 heavy (non-hydrogen) atoms. The van der Waals surface area contributed by atoms with Gasteiger partial charge in [-0.3, -0.25) is 4.79 Å². The van der Waals surface area contributed by atoms with E-state index in [1.54, 1.807) is 18.0 Å². The van der Waals surface area contributed by atoms with Gasteiger partial charge in [0.05, 0.1) is 11.8 Å². The van der Waals surface area contributed by atoms with Crippen molar-refractivity contribution in [1.82, 2.24) is 0 Å². The molecule has 3 rings (SSSR count). The largest absolute Gasteiger partial charge is 0.396 e. The third-order valence-electron chi connectivity index (χ3n) is 7.00. The number of hydrogen-bond acceptors (Lipinski definition) is 3. The first kappa shape index (κ1) is 24.9. The lowest BCUT2D eigenvalue weighted by Gasteiger charge is -2.31. The zero-order chi connectivity index (χ0) is 23.7. The molecule has 4 atom stereocenters. The Labute approximate surface area is 193 Å². The molecule has 2 heterocycles. The van der Waals surface area contributed by atoms with E-state index in [1.807, 2.05) is 31.2 Å². The van der Waals surface area contributed by atoms with Gasteiger partial charge in [0.2, 0.25) is 8.41 Å². The number of aliphatic hydroxyl groups excluding tert-OH is 1. The quantitative estimate of drug-likeness (QED) is 0.300. The van der Waals surface area contributed by atoms with Gasteiger partial charge in [-0.15, -0.1) is 0 Å². The van der Waals surface area contributed by atoms with Crippen LogP contribution in [0, 0.1) is 5.92 Å². The Morgan fingerprint density at radius 3 is 2.56 bits per heavy atom. The normalized spacial score (nSPS) is 27.9. The minimum Gasteiger partial charge on any atom is -0.396 e. The van der Waals surface area contributed by atoms with Crippen molar-refractivity contribution in [3.63, 3.8) is 0 Å². The number of benzene rings is 1. The summed E-state index contributed by atoms with van der Waals surface area (Å²) >= 11 is 0. The molecule has 1 aromatic carbocycles. The van der Waals surface area contributed by atoms with E-state index in [4.69, 9.17) is 4.74 Å². The average molecular weight is 460 g/mol. The Bertz CT molecular complexity index is 903. The SMILES string of the molecule is CC(C)=CCC/C(C)=C/CN1C(=O)[C@]2(O[C@H](CCO)[C@@H]([Si](C)(C)F)[C@@H]2C)c2ccccc21. The number of aliphatic hydroxyl groups is 1. The van der Waals surface area contributed by atoms with E-state index < -0.39 is 20.1 Å². The number of rotatable bonds is 8. The van der Waals surface area contributed by atoms with Crippen molar-refractivity contribution in [3.05, 3.63) is 53.1 Å². The molecule has 1 fully saturated rings. The Morgan fingerprint density at radius 1 is 1.25 bits per heavy atom. The van der Waals surface area contributed by atoms with Crippen LogP contribution in [0.4, 0.5) is 9.80 Å². The first-order valence-corrected chi connectivity index (χ1v) is 14.7. The van der Waals surface area contributed by atoms with Crippen molar-refractivity contribution in [2.24, 2.45) is 5.92 Å². The summed E-state index contributed by atoms with van der Waals surface area (Å²) in [5, 5.41) is 9.60. The van der Waals surface area contributed by atoms with E-state index in [2.05, 4.69) is 32.9 Å². The number of ether oxygens (including phenoxy) is 1. The summed E-state index contributed by atoms with van der Waals surface area (Å²) in [5.74, 6) is -0.407. The molecule has 1 amide bonds. The minimum absolute atomic E-state index is 0.0817. The monoisotopic (exact) mass is 459 g/mol. The molecule has 1 spiro atoms. The maximum absolute atomic E-state index is 15.4. The number of allylic oxidation sites excluding steroid dienone is 3. The minimum atomic E-state index is -3.14. The molecular formula is C26H38FNO3Si. The second-order valence-electron chi connectivity index (χ2n) is 10.1. The first-order chi connectivity index (χ1) is 15.0. The predicted molar refractivity (Wildman–Crippen MR) is 131 cm³/mol. The highest BCUT2D eigenvalue weighted by molar-refractivity contribution is 6.72. The molecular weight excluding hydrogens is 421 g/mol. The number of anilines is 1. The number of carbonyl (C=O) groups is 1. The van der Waals surface area contributed by atoms with Gasteiger partial charge >= 0.3 is 0 Å². The van der Waals surface area contributed by atoms with Gasteiger partial charge in [-0.25, -0.2) is 0 Å². The molecule has 6 heteroatoms. The van der Waals surface area contributed by atoms with Crippen LogP contribution in [-0.2, 0) is 15.1 Å². The van der Waals surface area contributed by atoms with Crippen molar-refractivity contribution in [2.45, 2.75) is 77.3 Å². The maximum atomic E-state index is 15.4. The second-order valence-corrected chi connectivity index (χ2v) is 13.9. The lowest BCUT2D eigenvalue weighted by atomic mass is 9.82. The van der Waals surface area contributed by atoms with Crippen molar-refractivity contribution in [2.75, 3.05) is 18.1 Å². The van der Waals surface area contributed by atoms with Gasteiger partial charge in [-0.05, 0) is 59.2 Å². The number of carbonyl (C=O) groups excluding carboxylic acids is 1. The molecule has 0 bridgehead atoms. The van der Waals surface area contributed by atoms with E-state index in [1.165, 1.54) is 11.1 Å². The zero-order valence-electron chi connectivity index (χ0n) is 20.3. The van der Waals surface area contributed by atoms with Crippen molar-refractivity contribution in [1.29, 1.82) is 0 Å². The Kier molecular flexibility index (Phi) is 7.47. The lowest BCUT2D eigenvalue weighted by Crippen LogP contribution is -2.45. The second kappa shape index (κ2) is 9.62. The molecule has 1 aromatic rings. The molecule has 176 valence electrons. The fourth-order valence-electron chi connectivity index (χ4n) is 5.52. The molecule has 0 aromatic heterocycles. The number of nitrogens with zero attached hydrogens (tertiary/aromatic N) is 1. The number of hydrogen-bond donors (Lipinski definition) is 1. The van der Waals surface area contributed by atoms with Crippen LogP contribution in [-0.4, -0.2) is 38.7 Å². The van der Waals surface area contributed by atoms with Crippen LogP contribution < -0.4 is 4.90 Å². The highest BCUT2D eigenvalue weighted by atomic mass is 28.4.